The van der Waals surface area contributed by atoms with E-state index in [4.69, 9.17) is 4.74 Å². The maximum atomic E-state index is 13.8. The van der Waals surface area contributed by atoms with Crippen LogP contribution in [0.2, 0.25) is 0 Å². The van der Waals surface area contributed by atoms with Crippen molar-refractivity contribution in [2.45, 2.75) is 32.2 Å². The van der Waals surface area contributed by atoms with Gasteiger partial charge >= 0.3 is 18.2 Å². The number of nitrogens with zero attached hydrogens (tertiary/aromatic N) is 2. The molecule has 0 spiro atoms. The highest BCUT2D eigenvalue weighted by atomic mass is 19.4. The Balaban J connectivity index is 1.34. The van der Waals surface area contributed by atoms with Gasteiger partial charge in [-0.15, -0.1) is 0 Å². The molecule has 48 heavy (non-hydrogen) atoms. The molecule has 4 N–H and O–H groups in total. The molecule has 4 aromatic rings. The Hall–Kier alpha value is -5.30. The second kappa shape index (κ2) is 14.2. The number of hydrogen-bond acceptors (Lipinski definition) is 5. The molecular formula is C35H36F3N5O5. The molecule has 0 bridgehead atoms. The summed E-state index contributed by atoms with van der Waals surface area (Å²) in [7, 11) is 1.65. The van der Waals surface area contributed by atoms with Gasteiger partial charge < -0.3 is 35.6 Å². The fourth-order valence-corrected chi connectivity index (χ4v) is 5.45. The van der Waals surface area contributed by atoms with E-state index in [0.717, 1.165) is 35.0 Å². The number of anilines is 3. The molecule has 1 aliphatic rings. The zero-order chi connectivity index (χ0) is 34.6. The van der Waals surface area contributed by atoms with Crippen LogP contribution in [0.15, 0.2) is 84.9 Å². The first-order valence-corrected chi connectivity index (χ1v) is 15.3. The standard InChI is InChI=1S/C35H36F3N5O5/c1-21-18-43(22(2)20-44)32(45)28-17-26(40-33(46)39-25-13-11-24(12-14-25)35(36,37)38)15-16-30(28)48-31(21)19-42(3)34(47)41-29-10-6-8-23-7-4-5-9-27(23)29/h4-17,21-22,31,44H,18-20H2,1-3H3,(H,41,47)(H2,39,40,46)/t21-,22+,31-/m0/s1. The Bertz CT molecular complexity index is 1790. The summed E-state index contributed by atoms with van der Waals surface area (Å²) in [4.78, 5) is 42.8. The number of nitrogens with one attached hydrogen (secondary N) is 3. The lowest BCUT2D eigenvalue weighted by molar-refractivity contribution is -0.137. The molecule has 13 heteroatoms. The zero-order valence-electron chi connectivity index (χ0n) is 26.5. The van der Waals surface area contributed by atoms with Crippen molar-refractivity contribution in [2.75, 3.05) is 42.7 Å². The number of hydrogen-bond donors (Lipinski definition) is 4. The molecule has 10 nitrogen and oxygen atoms in total. The molecule has 4 aromatic carbocycles. The predicted molar refractivity (Wildman–Crippen MR) is 177 cm³/mol. The van der Waals surface area contributed by atoms with Crippen molar-refractivity contribution in [3.05, 3.63) is 96.1 Å². The number of halogens is 3. The molecule has 1 aliphatic heterocycles. The highest BCUT2D eigenvalue weighted by molar-refractivity contribution is 6.03. The van der Waals surface area contributed by atoms with Crippen LogP contribution in [0.3, 0.4) is 0 Å². The SMILES string of the molecule is C[C@H](CO)N1C[C@H](C)[C@H](CN(C)C(=O)Nc2cccc3ccccc23)Oc2ccc(NC(=O)Nc3ccc(C(F)(F)F)cc3)cc2C1=O. The monoisotopic (exact) mass is 663 g/mol. The lowest BCUT2D eigenvalue weighted by Gasteiger charge is -2.38. The van der Waals surface area contributed by atoms with Gasteiger partial charge in [0.15, 0.2) is 0 Å². The van der Waals surface area contributed by atoms with Crippen LogP contribution in [0.1, 0.15) is 29.8 Å². The van der Waals surface area contributed by atoms with Crippen molar-refractivity contribution in [3.63, 3.8) is 0 Å². The van der Waals surface area contributed by atoms with Gasteiger partial charge in [-0.1, -0.05) is 43.3 Å². The second-order valence-corrected chi connectivity index (χ2v) is 11.8. The first-order valence-electron chi connectivity index (χ1n) is 15.3. The van der Waals surface area contributed by atoms with E-state index in [1.54, 1.807) is 14.0 Å². The Morgan fingerprint density at radius 2 is 1.65 bits per heavy atom. The summed E-state index contributed by atoms with van der Waals surface area (Å²) in [5, 5.41) is 19.9. The number of rotatable bonds is 7. The van der Waals surface area contributed by atoms with Crippen molar-refractivity contribution in [2.24, 2.45) is 5.92 Å². The number of carbonyl (C=O) groups is 3. The lowest BCUT2D eigenvalue weighted by atomic mass is 9.99. The molecule has 0 aliphatic carbocycles. The third kappa shape index (κ3) is 7.80. The number of likely N-dealkylation sites (N-methyl/N-ethyl adjacent to an activating group) is 1. The quantitative estimate of drug-likeness (QED) is 0.172. The van der Waals surface area contributed by atoms with Crippen LogP contribution >= 0.6 is 0 Å². The normalized spacial score (nSPS) is 17.0. The number of amides is 5. The average Bonchev–Trinajstić information content (AvgIpc) is 3.06. The average molecular weight is 664 g/mol. The first kappa shape index (κ1) is 34.0. The molecular weight excluding hydrogens is 627 g/mol. The number of ether oxygens (including phenoxy) is 1. The molecule has 3 atom stereocenters. The Morgan fingerprint density at radius 1 is 0.979 bits per heavy atom. The molecule has 0 fully saturated rings. The van der Waals surface area contributed by atoms with Crippen LogP contribution in [0, 0.1) is 5.92 Å². The molecule has 1 heterocycles. The van der Waals surface area contributed by atoms with E-state index in [1.807, 2.05) is 49.4 Å². The van der Waals surface area contributed by atoms with E-state index in [1.165, 1.54) is 28.0 Å². The molecule has 0 unspecified atom stereocenters. The van der Waals surface area contributed by atoms with Gasteiger partial charge in [0.25, 0.3) is 5.91 Å². The van der Waals surface area contributed by atoms with Crippen LogP contribution in [0.5, 0.6) is 5.75 Å². The van der Waals surface area contributed by atoms with Gasteiger partial charge in [0.2, 0.25) is 0 Å². The summed E-state index contributed by atoms with van der Waals surface area (Å²) in [6.07, 6.45) is -5.07. The minimum absolute atomic E-state index is 0.127. The number of aliphatic hydroxyl groups is 1. The number of alkyl halides is 3. The third-order valence-electron chi connectivity index (χ3n) is 8.22. The van der Waals surface area contributed by atoms with Gasteiger partial charge in [0.1, 0.15) is 11.9 Å². The molecule has 5 amide bonds. The van der Waals surface area contributed by atoms with Crippen molar-refractivity contribution in [1.29, 1.82) is 0 Å². The number of urea groups is 2. The number of fused-ring (bicyclic) bond motifs is 2. The highest BCUT2D eigenvalue weighted by Gasteiger charge is 2.34. The topological polar surface area (TPSA) is 123 Å². The summed E-state index contributed by atoms with van der Waals surface area (Å²) >= 11 is 0. The molecule has 0 aromatic heterocycles. The molecule has 0 saturated carbocycles. The van der Waals surface area contributed by atoms with Crippen LogP contribution in [-0.2, 0) is 6.18 Å². The number of aliphatic hydroxyl groups excluding tert-OH is 1. The maximum Gasteiger partial charge on any atom is 0.416 e. The van der Waals surface area contributed by atoms with Gasteiger partial charge in [0.05, 0.1) is 36.0 Å². The summed E-state index contributed by atoms with van der Waals surface area (Å²) < 4.78 is 45.0. The highest BCUT2D eigenvalue weighted by Crippen LogP contribution is 2.32. The maximum absolute atomic E-state index is 13.8. The molecule has 0 saturated heterocycles. The summed E-state index contributed by atoms with van der Waals surface area (Å²) in [5.41, 5.74) is 0.308. The Kier molecular flexibility index (Phi) is 10.1. The fraction of sp³-hybridized carbons (Fsp3) is 0.286. The predicted octanol–water partition coefficient (Wildman–Crippen LogP) is 6.89. The summed E-state index contributed by atoms with van der Waals surface area (Å²) in [6, 6.07) is 20.2. The van der Waals surface area contributed by atoms with Gasteiger partial charge in [0, 0.05) is 36.3 Å². The van der Waals surface area contributed by atoms with E-state index in [0.29, 0.717) is 5.69 Å². The van der Waals surface area contributed by atoms with Gasteiger partial charge in [-0.25, -0.2) is 9.59 Å². The van der Waals surface area contributed by atoms with Gasteiger partial charge in [-0.05, 0) is 60.8 Å². The van der Waals surface area contributed by atoms with E-state index >= 15 is 0 Å². The minimum atomic E-state index is -4.51. The van der Waals surface area contributed by atoms with Crippen molar-refractivity contribution in [1.82, 2.24) is 9.80 Å². The smallest absolute Gasteiger partial charge is 0.416 e. The zero-order valence-corrected chi connectivity index (χ0v) is 26.5. The van der Waals surface area contributed by atoms with E-state index in [-0.39, 0.29) is 54.3 Å². The number of benzene rings is 4. The summed E-state index contributed by atoms with van der Waals surface area (Å²) in [6.45, 7) is 3.71. The van der Waals surface area contributed by atoms with Crippen LogP contribution in [0.4, 0.5) is 39.8 Å². The van der Waals surface area contributed by atoms with Crippen molar-refractivity contribution >= 4 is 45.8 Å². The number of carbonyl (C=O) groups excluding carboxylic acids is 3. The molecule has 0 radical (unpaired) electrons. The van der Waals surface area contributed by atoms with Crippen LogP contribution in [0.25, 0.3) is 10.8 Å². The van der Waals surface area contributed by atoms with E-state index in [2.05, 4.69) is 16.0 Å². The Labute approximate surface area is 275 Å². The fourth-order valence-electron chi connectivity index (χ4n) is 5.45. The van der Waals surface area contributed by atoms with Crippen molar-refractivity contribution in [3.8, 4) is 5.75 Å². The lowest BCUT2D eigenvalue weighted by Crippen LogP contribution is -2.50. The second-order valence-electron chi connectivity index (χ2n) is 11.8. The third-order valence-corrected chi connectivity index (χ3v) is 8.22. The minimum Gasteiger partial charge on any atom is -0.487 e. The molecule has 5 rings (SSSR count). The Morgan fingerprint density at radius 3 is 2.35 bits per heavy atom. The van der Waals surface area contributed by atoms with E-state index in [9.17, 15) is 32.7 Å². The van der Waals surface area contributed by atoms with Gasteiger partial charge in [-0.3, -0.25) is 4.79 Å². The first-order chi connectivity index (χ1) is 22.8. The van der Waals surface area contributed by atoms with Crippen molar-refractivity contribution < 1.29 is 37.4 Å². The van der Waals surface area contributed by atoms with Crippen LogP contribution in [-0.4, -0.2) is 71.8 Å². The summed E-state index contributed by atoms with van der Waals surface area (Å²) in [5.74, 6) is -0.454. The molecule has 252 valence electrons. The van der Waals surface area contributed by atoms with E-state index < -0.39 is 35.8 Å². The largest absolute Gasteiger partial charge is 0.487 e. The van der Waals surface area contributed by atoms with Gasteiger partial charge in [-0.2, -0.15) is 13.2 Å². The van der Waals surface area contributed by atoms with Crippen LogP contribution < -0.4 is 20.7 Å².